The lowest BCUT2D eigenvalue weighted by Crippen LogP contribution is -2.54. The summed E-state index contributed by atoms with van der Waals surface area (Å²) in [5, 5.41) is 3.43. The molecule has 1 amide bonds. The predicted molar refractivity (Wildman–Crippen MR) is 76.0 cm³/mol. The molecule has 1 aromatic rings. The first-order valence-electron chi connectivity index (χ1n) is 7.34. The molecule has 3 nitrogen and oxygen atoms in total. The number of piperidine rings is 1. The lowest BCUT2D eigenvalue weighted by atomic mass is 9.74. The number of amides is 1. The van der Waals surface area contributed by atoms with E-state index in [2.05, 4.69) is 41.4 Å². The molecule has 102 valence electrons. The summed E-state index contributed by atoms with van der Waals surface area (Å²) in [5.41, 5.74) is 1.38. The number of hydrogen-bond donors (Lipinski definition) is 1. The van der Waals surface area contributed by atoms with Gasteiger partial charge in [-0.3, -0.25) is 4.79 Å². The van der Waals surface area contributed by atoms with Gasteiger partial charge in [-0.2, -0.15) is 0 Å². The first-order valence-corrected chi connectivity index (χ1v) is 7.34. The Hall–Kier alpha value is -1.35. The van der Waals surface area contributed by atoms with E-state index >= 15 is 0 Å². The van der Waals surface area contributed by atoms with Crippen LogP contribution in [0.1, 0.15) is 37.7 Å². The fraction of sp³-hybridized carbons (Fsp3) is 0.562. The molecule has 1 N–H and O–H groups in total. The van der Waals surface area contributed by atoms with Crippen molar-refractivity contribution in [3.63, 3.8) is 0 Å². The lowest BCUT2D eigenvalue weighted by Gasteiger charge is -2.45. The number of nitrogens with one attached hydrogen (secondary N) is 1. The predicted octanol–water partition coefficient (Wildman–Crippen LogP) is 2.14. The van der Waals surface area contributed by atoms with E-state index in [-0.39, 0.29) is 5.54 Å². The van der Waals surface area contributed by atoms with Gasteiger partial charge in [0.05, 0.1) is 5.54 Å². The average Bonchev–Trinajstić information content (AvgIpc) is 2.72. The van der Waals surface area contributed by atoms with Crippen molar-refractivity contribution in [1.29, 1.82) is 0 Å². The Kier molecular flexibility index (Phi) is 3.31. The second-order valence-electron chi connectivity index (χ2n) is 5.66. The van der Waals surface area contributed by atoms with Crippen molar-refractivity contribution < 1.29 is 4.79 Å². The molecule has 19 heavy (non-hydrogen) atoms. The summed E-state index contributed by atoms with van der Waals surface area (Å²) in [5.74, 6) is 0.696. The Bertz CT molecular complexity index is 451. The Morgan fingerprint density at radius 3 is 2.58 bits per heavy atom. The Morgan fingerprint density at radius 2 is 1.95 bits per heavy atom. The maximum atomic E-state index is 12.4. The molecule has 0 aromatic heterocycles. The molecular weight excluding hydrogens is 236 g/mol. The quantitative estimate of drug-likeness (QED) is 0.881. The zero-order chi connectivity index (χ0) is 13.3. The van der Waals surface area contributed by atoms with Gasteiger partial charge in [0, 0.05) is 18.9 Å². The van der Waals surface area contributed by atoms with Crippen LogP contribution >= 0.6 is 0 Å². The monoisotopic (exact) mass is 258 g/mol. The summed E-state index contributed by atoms with van der Waals surface area (Å²) in [4.78, 5) is 14.5. The van der Waals surface area contributed by atoms with Crippen LogP contribution in [0.4, 0.5) is 0 Å². The highest BCUT2D eigenvalue weighted by atomic mass is 16.2. The van der Waals surface area contributed by atoms with Gasteiger partial charge in [-0.25, -0.2) is 0 Å². The smallest absolute Gasteiger partial charge is 0.223 e. The fourth-order valence-corrected chi connectivity index (χ4v) is 3.99. The molecule has 0 radical (unpaired) electrons. The van der Waals surface area contributed by atoms with Crippen molar-refractivity contribution in [2.75, 3.05) is 19.6 Å². The molecule has 1 spiro atoms. The summed E-state index contributed by atoms with van der Waals surface area (Å²) in [6.07, 6.45) is 2.83. The Balaban J connectivity index is 2.00. The van der Waals surface area contributed by atoms with E-state index in [4.69, 9.17) is 0 Å². The third kappa shape index (κ3) is 1.96. The number of likely N-dealkylation sites (tertiary alicyclic amines) is 1. The Labute approximate surface area is 115 Å². The molecule has 2 saturated heterocycles. The molecule has 0 aliphatic carbocycles. The van der Waals surface area contributed by atoms with E-state index in [9.17, 15) is 4.79 Å². The first-order chi connectivity index (χ1) is 9.28. The molecule has 1 atom stereocenters. The third-order valence-corrected chi connectivity index (χ3v) is 4.85. The molecule has 3 rings (SSSR count). The molecule has 2 aliphatic heterocycles. The van der Waals surface area contributed by atoms with Crippen molar-refractivity contribution in [3.05, 3.63) is 35.9 Å². The van der Waals surface area contributed by atoms with Crippen LogP contribution < -0.4 is 5.32 Å². The molecule has 0 bridgehead atoms. The van der Waals surface area contributed by atoms with E-state index in [0.717, 1.165) is 32.5 Å². The molecule has 2 fully saturated rings. The van der Waals surface area contributed by atoms with Crippen molar-refractivity contribution in [3.8, 4) is 0 Å². The molecule has 1 aromatic carbocycles. The molecule has 2 heterocycles. The molecular formula is C16H22N2O. The number of carbonyl (C=O) groups excluding carboxylic acids is 1. The van der Waals surface area contributed by atoms with Gasteiger partial charge in [0.1, 0.15) is 0 Å². The summed E-state index contributed by atoms with van der Waals surface area (Å²) in [7, 11) is 0. The number of rotatable bonds is 2. The number of carbonyl (C=O) groups is 1. The number of likely N-dealkylation sites (N-methyl/N-ethyl adjacent to an activating group) is 1. The fourth-order valence-electron chi connectivity index (χ4n) is 3.99. The van der Waals surface area contributed by atoms with Crippen LogP contribution in [0.3, 0.4) is 0 Å². The summed E-state index contributed by atoms with van der Waals surface area (Å²) >= 11 is 0. The zero-order valence-corrected chi connectivity index (χ0v) is 11.6. The van der Waals surface area contributed by atoms with Crippen LogP contribution in [0.5, 0.6) is 0 Å². The second-order valence-corrected chi connectivity index (χ2v) is 5.66. The van der Waals surface area contributed by atoms with Gasteiger partial charge in [-0.05, 0) is 38.4 Å². The van der Waals surface area contributed by atoms with E-state index in [1.165, 1.54) is 5.56 Å². The number of benzene rings is 1. The highest BCUT2D eigenvalue weighted by molar-refractivity contribution is 5.81. The minimum Gasteiger partial charge on any atom is -0.337 e. The van der Waals surface area contributed by atoms with Gasteiger partial charge in [-0.1, -0.05) is 30.3 Å². The van der Waals surface area contributed by atoms with E-state index < -0.39 is 0 Å². The largest absolute Gasteiger partial charge is 0.337 e. The first kappa shape index (κ1) is 12.7. The average molecular weight is 258 g/mol. The topological polar surface area (TPSA) is 32.3 Å². The van der Waals surface area contributed by atoms with E-state index in [0.29, 0.717) is 18.2 Å². The summed E-state index contributed by atoms with van der Waals surface area (Å²) < 4.78 is 0. The van der Waals surface area contributed by atoms with Gasteiger partial charge in [-0.15, -0.1) is 0 Å². The van der Waals surface area contributed by atoms with Crippen molar-refractivity contribution >= 4 is 5.91 Å². The van der Waals surface area contributed by atoms with Gasteiger partial charge < -0.3 is 10.2 Å². The maximum absolute atomic E-state index is 12.4. The molecule has 1 unspecified atom stereocenters. The normalized spacial score (nSPS) is 26.1. The van der Waals surface area contributed by atoms with Crippen molar-refractivity contribution in [1.82, 2.24) is 10.2 Å². The molecule has 2 aliphatic rings. The summed E-state index contributed by atoms with van der Waals surface area (Å²) in [6.45, 7) is 4.98. The molecule has 3 heteroatoms. The summed E-state index contributed by atoms with van der Waals surface area (Å²) in [6, 6.07) is 10.6. The van der Waals surface area contributed by atoms with Gasteiger partial charge in [0.2, 0.25) is 5.91 Å². The SMILES string of the molecule is CCN1C(=O)CC(c2ccccc2)C12CCNCC2. The minimum absolute atomic E-state index is 0.0540. The van der Waals surface area contributed by atoms with E-state index in [1.807, 2.05) is 6.07 Å². The highest BCUT2D eigenvalue weighted by Crippen LogP contribution is 2.47. The van der Waals surface area contributed by atoms with Gasteiger partial charge in [0.15, 0.2) is 0 Å². The van der Waals surface area contributed by atoms with Crippen LogP contribution in [-0.4, -0.2) is 36.0 Å². The minimum atomic E-state index is 0.0540. The van der Waals surface area contributed by atoms with Crippen LogP contribution in [0.25, 0.3) is 0 Å². The Morgan fingerprint density at radius 1 is 1.26 bits per heavy atom. The number of nitrogens with zero attached hydrogens (tertiary/aromatic N) is 1. The zero-order valence-electron chi connectivity index (χ0n) is 11.6. The highest BCUT2D eigenvalue weighted by Gasteiger charge is 2.52. The van der Waals surface area contributed by atoms with Gasteiger partial charge in [0.25, 0.3) is 0 Å². The second kappa shape index (κ2) is 4.97. The van der Waals surface area contributed by atoms with E-state index in [1.54, 1.807) is 0 Å². The van der Waals surface area contributed by atoms with Gasteiger partial charge >= 0.3 is 0 Å². The van der Waals surface area contributed by atoms with Crippen LogP contribution in [0, 0.1) is 0 Å². The third-order valence-electron chi connectivity index (χ3n) is 4.85. The number of hydrogen-bond acceptors (Lipinski definition) is 2. The van der Waals surface area contributed by atoms with Crippen LogP contribution in [0.2, 0.25) is 0 Å². The van der Waals surface area contributed by atoms with Crippen LogP contribution in [0.15, 0.2) is 30.3 Å². The molecule has 0 saturated carbocycles. The standard InChI is InChI=1S/C16H22N2O/c1-2-18-15(19)12-14(13-6-4-3-5-7-13)16(18)8-10-17-11-9-16/h3-7,14,17H,2,8-12H2,1H3. The lowest BCUT2D eigenvalue weighted by molar-refractivity contribution is -0.131. The maximum Gasteiger partial charge on any atom is 0.223 e. The van der Waals surface area contributed by atoms with Crippen molar-refractivity contribution in [2.45, 2.75) is 37.6 Å². The van der Waals surface area contributed by atoms with Crippen LogP contribution in [-0.2, 0) is 4.79 Å². The van der Waals surface area contributed by atoms with Crippen molar-refractivity contribution in [2.24, 2.45) is 0 Å².